The lowest BCUT2D eigenvalue weighted by molar-refractivity contribution is -0.123. The van der Waals surface area contributed by atoms with Crippen molar-refractivity contribution in [2.45, 2.75) is 38.1 Å². The van der Waals surface area contributed by atoms with E-state index in [0.29, 0.717) is 6.54 Å². The average molecular weight is 194 g/mol. The monoisotopic (exact) mass is 194 g/mol. The Labute approximate surface area is 85.6 Å². The summed E-state index contributed by atoms with van der Waals surface area (Å²) in [7, 11) is 0. The van der Waals surface area contributed by atoms with Crippen molar-refractivity contribution in [1.29, 1.82) is 0 Å². The maximum absolute atomic E-state index is 11.6. The van der Waals surface area contributed by atoms with Crippen LogP contribution in [0.15, 0.2) is 0 Å². The second-order valence-electron chi connectivity index (χ2n) is 3.63. The highest BCUT2D eigenvalue weighted by molar-refractivity contribution is 5.81. The number of hydrogen-bond acceptors (Lipinski definition) is 2. The van der Waals surface area contributed by atoms with Gasteiger partial charge >= 0.3 is 0 Å². The molecule has 0 aromatic heterocycles. The van der Waals surface area contributed by atoms with E-state index in [1.54, 1.807) is 0 Å². The average Bonchev–Trinajstić information content (AvgIpc) is 2.13. The molecule has 0 saturated carbocycles. The Morgan fingerprint density at radius 1 is 1.43 bits per heavy atom. The van der Waals surface area contributed by atoms with Gasteiger partial charge < -0.3 is 10.6 Å². The van der Waals surface area contributed by atoms with E-state index < -0.39 is 0 Å². The van der Waals surface area contributed by atoms with Crippen LogP contribution >= 0.6 is 0 Å². The summed E-state index contributed by atoms with van der Waals surface area (Å²) in [4.78, 5) is 11.6. The third-order valence-corrected chi connectivity index (χ3v) is 2.49. The van der Waals surface area contributed by atoms with Gasteiger partial charge in [-0.15, -0.1) is 6.42 Å². The summed E-state index contributed by atoms with van der Waals surface area (Å²) in [6.45, 7) is 1.27. The standard InChI is InChI=1S/C11H18N2O/c1-2-8-13-11(14)10-7-5-3-4-6-9-12-10/h1,10,12H,3-9H2,(H,13,14). The molecular weight excluding hydrogens is 176 g/mol. The number of amides is 1. The first-order valence-electron chi connectivity index (χ1n) is 5.29. The van der Waals surface area contributed by atoms with E-state index in [-0.39, 0.29) is 11.9 Å². The molecule has 1 heterocycles. The first-order valence-corrected chi connectivity index (χ1v) is 5.29. The molecule has 0 aromatic carbocycles. The van der Waals surface area contributed by atoms with Gasteiger partial charge in [0.1, 0.15) is 0 Å². The molecule has 1 aliphatic rings. The van der Waals surface area contributed by atoms with Crippen LogP contribution in [0.3, 0.4) is 0 Å². The van der Waals surface area contributed by atoms with Crippen LogP contribution in [-0.4, -0.2) is 25.0 Å². The van der Waals surface area contributed by atoms with Crippen LogP contribution < -0.4 is 10.6 Å². The minimum absolute atomic E-state index is 0.0383. The zero-order valence-electron chi connectivity index (χ0n) is 8.51. The summed E-state index contributed by atoms with van der Waals surface area (Å²) in [5.74, 6) is 2.45. The second kappa shape index (κ2) is 6.44. The highest BCUT2D eigenvalue weighted by Crippen LogP contribution is 2.09. The lowest BCUT2D eigenvalue weighted by Crippen LogP contribution is -2.45. The fraction of sp³-hybridized carbons (Fsp3) is 0.727. The minimum atomic E-state index is -0.0383. The lowest BCUT2D eigenvalue weighted by Gasteiger charge is -2.20. The van der Waals surface area contributed by atoms with Crippen LogP contribution in [-0.2, 0) is 4.79 Å². The Balaban J connectivity index is 2.32. The Hall–Kier alpha value is -1.01. The molecule has 1 unspecified atom stereocenters. The zero-order valence-corrected chi connectivity index (χ0v) is 8.51. The van der Waals surface area contributed by atoms with Gasteiger partial charge in [0.05, 0.1) is 12.6 Å². The van der Waals surface area contributed by atoms with Crippen molar-refractivity contribution in [2.75, 3.05) is 13.1 Å². The molecular formula is C11H18N2O. The van der Waals surface area contributed by atoms with Crippen molar-refractivity contribution in [1.82, 2.24) is 10.6 Å². The van der Waals surface area contributed by atoms with Gasteiger partial charge in [0.2, 0.25) is 5.91 Å². The summed E-state index contributed by atoms with van der Waals surface area (Å²) >= 11 is 0. The van der Waals surface area contributed by atoms with Crippen molar-refractivity contribution in [3.8, 4) is 12.3 Å². The van der Waals surface area contributed by atoms with Gasteiger partial charge in [-0.1, -0.05) is 25.2 Å². The summed E-state index contributed by atoms with van der Waals surface area (Å²) in [6.07, 6.45) is 10.8. The fourth-order valence-electron chi connectivity index (χ4n) is 1.69. The number of nitrogens with one attached hydrogen (secondary N) is 2. The lowest BCUT2D eigenvalue weighted by atomic mass is 10.0. The van der Waals surface area contributed by atoms with Crippen molar-refractivity contribution in [2.24, 2.45) is 0 Å². The molecule has 1 fully saturated rings. The molecule has 0 aliphatic carbocycles. The predicted molar refractivity (Wildman–Crippen MR) is 56.7 cm³/mol. The van der Waals surface area contributed by atoms with E-state index in [2.05, 4.69) is 16.6 Å². The first-order chi connectivity index (χ1) is 6.84. The fourth-order valence-corrected chi connectivity index (χ4v) is 1.69. The van der Waals surface area contributed by atoms with Crippen LogP contribution in [0.1, 0.15) is 32.1 Å². The summed E-state index contributed by atoms with van der Waals surface area (Å²) < 4.78 is 0. The second-order valence-corrected chi connectivity index (χ2v) is 3.63. The van der Waals surface area contributed by atoms with Gasteiger partial charge in [0.25, 0.3) is 0 Å². The molecule has 0 aromatic rings. The molecule has 1 amide bonds. The molecule has 1 atom stereocenters. The first kappa shape index (κ1) is 11.1. The maximum atomic E-state index is 11.6. The summed E-state index contributed by atoms with van der Waals surface area (Å²) in [5.41, 5.74) is 0. The molecule has 1 saturated heterocycles. The van der Waals surface area contributed by atoms with Crippen LogP contribution in [0.5, 0.6) is 0 Å². The number of terminal acetylenes is 1. The smallest absolute Gasteiger partial charge is 0.237 e. The minimum Gasteiger partial charge on any atom is -0.344 e. The van der Waals surface area contributed by atoms with Crippen LogP contribution in [0.4, 0.5) is 0 Å². The molecule has 0 spiro atoms. The summed E-state index contributed by atoms with van der Waals surface area (Å²) in [5, 5.41) is 5.96. The van der Waals surface area contributed by atoms with Gasteiger partial charge in [-0.2, -0.15) is 0 Å². The van der Waals surface area contributed by atoms with Crippen molar-refractivity contribution >= 4 is 5.91 Å². The molecule has 1 aliphatic heterocycles. The van der Waals surface area contributed by atoms with Crippen LogP contribution in [0.2, 0.25) is 0 Å². The van der Waals surface area contributed by atoms with Crippen LogP contribution in [0.25, 0.3) is 0 Å². The highest BCUT2D eigenvalue weighted by atomic mass is 16.2. The number of carbonyl (C=O) groups is 1. The van der Waals surface area contributed by atoms with E-state index in [9.17, 15) is 4.79 Å². The Morgan fingerprint density at radius 2 is 2.21 bits per heavy atom. The molecule has 3 nitrogen and oxygen atoms in total. The SMILES string of the molecule is C#CCNC(=O)C1CCCCCCN1. The molecule has 78 valence electrons. The number of carbonyl (C=O) groups excluding carboxylic acids is 1. The van der Waals surface area contributed by atoms with Gasteiger partial charge in [-0.25, -0.2) is 0 Å². The van der Waals surface area contributed by atoms with Crippen molar-refractivity contribution in [3.63, 3.8) is 0 Å². The normalized spacial score (nSPS) is 22.9. The number of rotatable bonds is 2. The highest BCUT2D eigenvalue weighted by Gasteiger charge is 2.17. The zero-order chi connectivity index (χ0) is 10.2. The van der Waals surface area contributed by atoms with E-state index in [1.807, 2.05) is 0 Å². The molecule has 14 heavy (non-hydrogen) atoms. The van der Waals surface area contributed by atoms with E-state index >= 15 is 0 Å². The topological polar surface area (TPSA) is 41.1 Å². The predicted octanol–water partition coefficient (Wildman–Crippen LogP) is 0.658. The Bertz CT molecular complexity index is 212. The van der Waals surface area contributed by atoms with E-state index in [1.165, 1.54) is 19.3 Å². The van der Waals surface area contributed by atoms with E-state index in [4.69, 9.17) is 6.42 Å². The quantitative estimate of drug-likeness (QED) is 0.634. The Kier molecular flexibility index (Phi) is 5.09. The molecule has 1 rings (SSSR count). The van der Waals surface area contributed by atoms with Crippen molar-refractivity contribution < 1.29 is 4.79 Å². The van der Waals surface area contributed by atoms with Crippen molar-refractivity contribution in [3.05, 3.63) is 0 Å². The van der Waals surface area contributed by atoms with E-state index in [0.717, 1.165) is 19.4 Å². The van der Waals surface area contributed by atoms with Crippen LogP contribution in [0, 0.1) is 12.3 Å². The largest absolute Gasteiger partial charge is 0.344 e. The maximum Gasteiger partial charge on any atom is 0.237 e. The van der Waals surface area contributed by atoms with Gasteiger partial charge in [-0.05, 0) is 19.4 Å². The summed E-state index contributed by atoms with van der Waals surface area (Å²) in [6, 6.07) is -0.0383. The number of hydrogen-bond donors (Lipinski definition) is 2. The third kappa shape index (κ3) is 3.80. The Morgan fingerprint density at radius 3 is 3.00 bits per heavy atom. The van der Waals surface area contributed by atoms with Gasteiger partial charge in [0.15, 0.2) is 0 Å². The molecule has 2 N–H and O–H groups in total. The molecule has 3 heteroatoms. The third-order valence-electron chi connectivity index (χ3n) is 2.49. The molecule has 0 bridgehead atoms. The van der Waals surface area contributed by atoms with Gasteiger partial charge in [0, 0.05) is 0 Å². The van der Waals surface area contributed by atoms with Gasteiger partial charge in [-0.3, -0.25) is 4.79 Å². The molecule has 0 radical (unpaired) electrons.